The van der Waals surface area contributed by atoms with Crippen LogP contribution >= 0.6 is 0 Å². The molecule has 1 aromatic carbocycles. The summed E-state index contributed by atoms with van der Waals surface area (Å²) in [6.07, 6.45) is 3.10. The quantitative estimate of drug-likeness (QED) is 0.817. The monoisotopic (exact) mass is 342 g/mol. The maximum Gasteiger partial charge on any atom is 0.254 e. The number of aromatic nitrogens is 3. The van der Waals surface area contributed by atoms with Gasteiger partial charge in [0.05, 0.1) is 31.5 Å². The Labute approximate surface area is 136 Å². The van der Waals surface area contributed by atoms with E-state index in [0.717, 1.165) is 7.11 Å². The number of rotatable bonds is 6. The number of carbonyl (C=O) groups is 1. The van der Waals surface area contributed by atoms with Gasteiger partial charge in [0.15, 0.2) is 17.4 Å². The van der Waals surface area contributed by atoms with E-state index >= 15 is 0 Å². The molecule has 24 heavy (non-hydrogen) atoms. The first-order valence-electron chi connectivity index (χ1n) is 7.21. The van der Waals surface area contributed by atoms with Gasteiger partial charge in [0.1, 0.15) is 0 Å². The molecule has 0 unspecified atom stereocenters. The number of nitrogens with one attached hydrogen (secondary N) is 1. The molecule has 1 amide bonds. The normalized spacial score (nSPS) is 12.3. The van der Waals surface area contributed by atoms with Gasteiger partial charge in [-0.1, -0.05) is 19.1 Å². The zero-order valence-electron chi connectivity index (χ0n) is 13.4. The summed E-state index contributed by atoms with van der Waals surface area (Å²) >= 11 is 0. The van der Waals surface area contributed by atoms with Crippen molar-refractivity contribution >= 4 is 5.91 Å². The van der Waals surface area contributed by atoms with Crippen LogP contribution < -0.4 is 10.1 Å². The summed E-state index contributed by atoms with van der Waals surface area (Å²) in [5.74, 6) is -5.92. The Bertz CT molecular complexity index is 720. The molecule has 0 fully saturated rings. The van der Waals surface area contributed by atoms with Crippen molar-refractivity contribution in [3.8, 4) is 5.75 Å². The van der Waals surface area contributed by atoms with Crippen LogP contribution in [-0.2, 0) is 6.54 Å². The lowest BCUT2D eigenvalue weighted by atomic mass is 10.0. The maximum atomic E-state index is 14.2. The van der Waals surface area contributed by atoms with Crippen molar-refractivity contribution in [3.63, 3.8) is 0 Å². The Balaban J connectivity index is 2.26. The van der Waals surface area contributed by atoms with Gasteiger partial charge in [-0.15, -0.1) is 5.10 Å². The maximum absolute atomic E-state index is 14.2. The summed E-state index contributed by atoms with van der Waals surface area (Å²) in [5.41, 5.74) is -0.630. The van der Waals surface area contributed by atoms with Crippen LogP contribution in [-0.4, -0.2) is 34.1 Å². The summed E-state index contributed by atoms with van der Waals surface area (Å²) in [6.45, 7) is 4.00. The van der Waals surface area contributed by atoms with E-state index in [4.69, 9.17) is 0 Å². The first-order chi connectivity index (χ1) is 11.3. The van der Waals surface area contributed by atoms with Crippen molar-refractivity contribution in [2.45, 2.75) is 26.4 Å². The van der Waals surface area contributed by atoms with Crippen LogP contribution in [0.4, 0.5) is 13.2 Å². The Morgan fingerprint density at radius 2 is 2.04 bits per heavy atom. The highest BCUT2D eigenvalue weighted by Crippen LogP contribution is 2.27. The van der Waals surface area contributed by atoms with E-state index in [1.54, 1.807) is 6.20 Å². The number of nitrogens with zero attached hydrogens (tertiary/aromatic N) is 3. The van der Waals surface area contributed by atoms with Crippen LogP contribution in [0.3, 0.4) is 0 Å². The number of methoxy groups -OCH3 is 1. The molecule has 1 N–H and O–H groups in total. The second-order valence-corrected chi connectivity index (χ2v) is 5.52. The number of amides is 1. The van der Waals surface area contributed by atoms with Crippen LogP contribution in [0.15, 0.2) is 18.5 Å². The Morgan fingerprint density at radius 3 is 2.58 bits per heavy atom. The van der Waals surface area contributed by atoms with Crippen molar-refractivity contribution in [3.05, 3.63) is 41.5 Å². The van der Waals surface area contributed by atoms with E-state index in [0.29, 0.717) is 12.6 Å². The highest BCUT2D eigenvalue weighted by atomic mass is 19.2. The highest BCUT2D eigenvalue weighted by molar-refractivity contribution is 5.95. The number of hydrogen-bond donors (Lipinski definition) is 1. The SMILES string of the molecule is COc1c(F)c(F)cc(C(=O)N[C@H](Cn2ccnn2)C(C)C)c1F. The predicted octanol–water partition coefficient (Wildman–Crippen LogP) is 2.16. The van der Waals surface area contributed by atoms with Gasteiger partial charge in [-0.2, -0.15) is 4.39 Å². The number of hydrogen-bond acceptors (Lipinski definition) is 4. The molecule has 9 heteroatoms. The van der Waals surface area contributed by atoms with Crippen LogP contribution in [0.2, 0.25) is 0 Å². The minimum absolute atomic E-state index is 0.0200. The summed E-state index contributed by atoms with van der Waals surface area (Å²) < 4.78 is 47.2. The fourth-order valence-electron chi connectivity index (χ4n) is 2.13. The predicted molar refractivity (Wildman–Crippen MR) is 79.0 cm³/mol. The van der Waals surface area contributed by atoms with Gasteiger partial charge in [0, 0.05) is 6.20 Å². The van der Waals surface area contributed by atoms with Crippen LogP contribution in [0.1, 0.15) is 24.2 Å². The molecule has 0 spiro atoms. The summed E-state index contributed by atoms with van der Waals surface area (Å²) in [4.78, 5) is 12.3. The lowest BCUT2D eigenvalue weighted by molar-refractivity contribution is 0.0913. The molecule has 1 atom stereocenters. The molecule has 2 aromatic rings. The average molecular weight is 342 g/mol. The molecule has 2 rings (SSSR count). The topological polar surface area (TPSA) is 69.0 Å². The third kappa shape index (κ3) is 3.66. The van der Waals surface area contributed by atoms with Crippen molar-refractivity contribution in [2.24, 2.45) is 5.92 Å². The molecule has 130 valence electrons. The Kier molecular flexibility index (Phi) is 5.42. The summed E-state index contributed by atoms with van der Waals surface area (Å²) in [6, 6.07) is 0.0905. The lowest BCUT2D eigenvalue weighted by Gasteiger charge is -2.22. The summed E-state index contributed by atoms with van der Waals surface area (Å²) in [7, 11) is 0.990. The van der Waals surface area contributed by atoms with E-state index in [1.807, 2.05) is 13.8 Å². The molecule has 1 aromatic heterocycles. The lowest BCUT2D eigenvalue weighted by Crippen LogP contribution is -2.42. The van der Waals surface area contributed by atoms with Crippen LogP contribution in [0.5, 0.6) is 5.75 Å². The molecule has 0 saturated carbocycles. The largest absolute Gasteiger partial charge is 0.491 e. The van der Waals surface area contributed by atoms with Gasteiger partial charge in [-0.3, -0.25) is 9.48 Å². The smallest absolute Gasteiger partial charge is 0.254 e. The molecule has 6 nitrogen and oxygen atoms in total. The molecule has 0 saturated heterocycles. The van der Waals surface area contributed by atoms with Gasteiger partial charge in [-0.05, 0) is 12.0 Å². The molecule has 0 aliphatic rings. The fraction of sp³-hybridized carbons (Fsp3) is 0.400. The second-order valence-electron chi connectivity index (χ2n) is 5.52. The van der Waals surface area contributed by atoms with Crippen LogP contribution in [0, 0.1) is 23.4 Å². The standard InChI is InChI=1S/C15H17F3N4O2/c1-8(2)11(7-22-5-4-19-21-22)20-15(23)9-6-10(16)13(18)14(24-3)12(9)17/h4-6,8,11H,7H2,1-3H3,(H,20,23)/t11-/m1/s1. The van der Waals surface area contributed by atoms with Gasteiger partial charge >= 0.3 is 0 Å². The van der Waals surface area contributed by atoms with Gasteiger partial charge in [0.25, 0.3) is 5.91 Å². The number of carbonyl (C=O) groups excluding carboxylic acids is 1. The molecule has 0 aliphatic carbocycles. The zero-order chi connectivity index (χ0) is 17.9. The second kappa shape index (κ2) is 7.33. The van der Waals surface area contributed by atoms with E-state index in [9.17, 15) is 18.0 Å². The molecule has 0 bridgehead atoms. The number of halogens is 3. The van der Waals surface area contributed by atoms with E-state index in [-0.39, 0.29) is 5.92 Å². The van der Waals surface area contributed by atoms with E-state index < -0.39 is 40.7 Å². The minimum atomic E-state index is -1.48. The molecule has 0 aliphatic heterocycles. The van der Waals surface area contributed by atoms with Gasteiger partial charge < -0.3 is 10.1 Å². The fourth-order valence-corrected chi connectivity index (χ4v) is 2.13. The molecular weight excluding hydrogens is 325 g/mol. The van der Waals surface area contributed by atoms with E-state index in [2.05, 4.69) is 20.4 Å². The van der Waals surface area contributed by atoms with E-state index in [1.165, 1.54) is 10.9 Å². The molecular formula is C15H17F3N4O2. The molecule has 1 heterocycles. The number of ether oxygens (including phenoxy) is 1. The van der Waals surface area contributed by atoms with Gasteiger partial charge in [-0.25, -0.2) is 8.78 Å². The first kappa shape index (κ1) is 17.8. The minimum Gasteiger partial charge on any atom is -0.491 e. The van der Waals surface area contributed by atoms with Crippen molar-refractivity contribution in [1.82, 2.24) is 20.3 Å². The average Bonchev–Trinajstić information content (AvgIpc) is 3.03. The first-order valence-corrected chi connectivity index (χ1v) is 7.21. The Morgan fingerprint density at radius 1 is 1.33 bits per heavy atom. The number of benzene rings is 1. The Hall–Kier alpha value is -2.58. The zero-order valence-corrected chi connectivity index (χ0v) is 13.4. The van der Waals surface area contributed by atoms with Crippen LogP contribution in [0.25, 0.3) is 0 Å². The third-order valence-corrected chi connectivity index (χ3v) is 3.54. The van der Waals surface area contributed by atoms with Crippen molar-refractivity contribution in [2.75, 3.05) is 7.11 Å². The molecule has 0 radical (unpaired) electrons. The summed E-state index contributed by atoms with van der Waals surface area (Å²) in [5, 5.41) is 10.1. The van der Waals surface area contributed by atoms with Crippen molar-refractivity contribution < 1.29 is 22.7 Å². The van der Waals surface area contributed by atoms with Gasteiger partial charge in [0.2, 0.25) is 5.82 Å². The highest BCUT2D eigenvalue weighted by Gasteiger charge is 2.26. The van der Waals surface area contributed by atoms with Crippen molar-refractivity contribution in [1.29, 1.82) is 0 Å². The third-order valence-electron chi connectivity index (χ3n) is 3.54.